The average Bonchev–Trinajstić information content (AvgIpc) is 2.82. The number of hydrogen-bond acceptors (Lipinski definition) is 4. The first kappa shape index (κ1) is 35.6. The molecule has 0 bridgehead atoms. The number of phenols is 2. The highest BCUT2D eigenvalue weighted by molar-refractivity contribution is 5.97. The molecule has 0 aliphatic carbocycles. The summed E-state index contributed by atoms with van der Waals surface area (Å²) in [5.41, 5.74) is 3.66. The molecule has 4 nitrogen and oxygen atoms in total. The smallest absolute Gasteiger partial charge is 0.162 e. The largest absolute Gasteiger partial charge is 0.507 e. The fourth-order valence-electron chi connectivity index (χ4n) is 5.44. The van der Waals surface area contributed by atoms with Crippen molar-refractivity contribution in [2.24, 2.45) is 0 Å². The van der Waals surface area contributed by atoms with Gasteiger partial charge in [0.25, 0.3) is 0 Å². The van der Waals surface area contributed by atoms with E-state index in [1.54, 1.807) is 0 Å². The van der Waals surface area contributed by atoms with Gasteiger partial charge in [-0.05, 0) is 58.8 Å². The molecule has 0 unspecified atom stereocenters. The minimum absolute atomic E-state index is 0.134. The van der Waals surface area contributed by atoms with Crippen LogP contribution in [-0.2, 0) is 21.7 Å². The minimum Gasteiger partial charge on any atom is -0.507 e. The summed E-state index contributed by atoms with van der Waals surface area (Å²) >= 11 is 0. The van der Waals surface area contributed by atoms with Crippen LogP contribution in [0.5, 0.6) is 11.5 Å². The molecule has 2 aromatic rings. The molecule has 0 radical (unpaired) electrons. The van der Waals surface area contributed by atoms with Gasteiger partial charge in [0.1, 0.15) is 11.5 Å². The quantitative estimate of drug-likeness (QED) is 0.205. The molecule has 0 saturated carbocycles. The molecule has 0 heterocycles. The first-order valence-corrected chi connectivity index (χ1v) is 15.9. The van der Waals surface area contributed by atoms with E-state index in [2.05, 4.69) is 83.1 Å². The van der Waals surface area contributed by atoms with Gasteiger partial charge in [-0.3, -0.25) is 9.59 Å². The number of benzene rings is 2. The van der Waals surface area contributed by atoms with Crippen LogP contribution in [0.1, 0.15) is 177 Å². The minimum atomic E-state index is -0.256. The first-order valence-electron chi connectivity index (χ1n) is 15.9. The zero-order valence-corrected chi connectivity index (χ0v) is 28.7. The third-order valence-electron chi connectivity index (χ3n) is 8.15. The molecule has 4 heteroatoms. The van der Waals surface area contributed by atoms with Crippen molar-refractivity contribution in [2.75, 3.05) is 0 Å². The summed E-state index contributed by atoms with van der Waals surface area (Å²) in [6, 6.07) is 7.53. The van der Waals surface area contributed by atoms with Crippen LogP contribution in [0.25, 0.3) is 0 Å². The summed E-state index contributed by atoms with van der Waals surface area (Å²) in [5.74, 6) is 0.879. The molecule has 0 fully saturated rings. The molecule has 2 N–H and O–H groups in total. The standard InChI is InChI=1S/C38H58O4/c1-35(2,3)27-21-25(22-28(33(27)41)36(4,5)6)31(39)19-17-15-13-14-16-18-20-32(40)26-23-29(37(7,8)9)34(42)30(24-26)38(10,11)12/h21-24,41-42H,13-20H2,1-12H3. The Morgan fingerprint density at radius 3 is 0.881 bits per heavy atom. The lowest BCUT2D eigenvalue weighted by atomic mass is 9.78. The van der Waals surface area contributed by atoms with E-state index in [4.69, 9.17) is 0 Å². The summed E-state index contributed by atoms with van der Waals surface area (Å²) < 4.78 is 0. The highest BCUT2D eigenvalue weighted by atomic mass is 16.3. The molecule has 0 saturated heterocycles. The number of rotatable bonds is 11. The highest BCUT2D eigenvalue weighted by Crippen LogP contribution is 2.41. The zero-order valence-electron chi connectivity index (χ0n) is 28.7. The second-order valence-corrected chi connectivity index (χ2v) is 16.3. The molecule has 0 aliphatic heterocycles. The predicted octanol–water partition coefficient (Wildman–Crippen LogP) is 10.5. The van der Waals surface area contributed by atoms with Crippen molar-refractivity contribution in [3.8, 4) is 11.5 Å². The fourth-order valence-corrected chi connectivity index (χ4v) is 5.44. The number of carbonyl (C=O) groups excluding carboxylic acids is 2. The molecule has 0 aliphatic rings. The molecular formula is C38H58O4. The Balaban J connectivity index is 1.89. The summed E-state index contributed by atoms with van der Waals surface area (Å²) in [6.07, 6.45) is 6.74. The maximum atomic E-state index is 13.1. The van der Waals surface area contributed by atoms with E-state index in [0.717, 1.165) is 60.8 Å². The third-order valence-corrected chi connectivity index (χ3v) is 8.15. The summed E-state index contributed by atoms with van der Waals surface area (Å²) in [6.45, 7) is 24.8. The normalized spacial score (nSPS) is 13.0. The van der Waals surface area contributed by atoms with Gasteiger partial charge >= 0.3 is 0 Å². The van der Waals surface area contributed by atoms with Crippen LogP contribution < -0.4 is 0 Å². The SMILES string of the molecule is CC(C)(C)c1cc(C(=O)CCCCCCCCC(=O)c2cc(C(C)(C)C)c(O)c(C(C)(C)C)c2)cc(C(C)(C)C)c1O. The van der Waals surface area contributed by atoms with Crippen molar-refractivity contribution in [3.05, 3.63) is 57.6 Å². The maximum absolute atomic E-state index is 13.1. The van der Waals surface area contributed by atoms with Crippen LogP contribution in [0.2, 0.25) is 0 Å². The molecule has 0 atom stereocenters. The lowest BCUT2D eigenvalue weighted by Gasteiger charge is -2.28. The summed E-state index contributed by atoms with van der Waals surface area (Å²) in [7, 11) is 0. The molecule has 0 spiro atoms. The van der Waals surface area contributed by atoms with Crippen molar-refractivity contribution in [1.82, 2.24) is 0 Å². The topological polar surface area (TPSA) is 74.6 Å². The van der Waals surface area contributed by atoms with E-state index in [9.17, 15) is 19.8 Å². The maximum Gasteiger partial charge on any atom is 0.162 e. The Bertz CT molecular complexity index is 1080. The summed E-state index contributed by atoms with van der Waals surface area (Å²) in [4.78, 5) is 26.2. The van der Waals surface area contributed by atoms with Crippen molar-refractivity contribution >= 4 is 11.6 Å². The average molecular weight is 579 g/mol. The van der Waals surface area contributed by atoms with Gasteiger partial charge < -0.3 is 10.2 Å². The number of carbonyl (C=O) groups is 2. The Kier molecular flexibility index (Phi) is 11.3. The van der Waals surface area contributed by atoms with Crippen LogP contribution >= 0.6 is 0 Å². The van der Waals surface area contributed by atoms with Crippen molar-refractivity contribution < 1.29 is 19.8 Å². The number of unbranched alkanes of at least 4 members (excludes halogenated alkanes) is 5. The lowest BCUT2D eigenvalue weighted by molar-refractivity contribution is 0.0969. The van der Waals surface area contributed by atoms with Crippen LogP contribution in [0.4, 0.5) is 0 Å². The van der Waals surface area contributed by atoms with Gasteiger partial charge in [0.15, 0.2) is 11.6 Å². The fraction of sp³-hybridized carbons (Fsp3) is 0.632. The van der Waals surface area contributed by atoms with Crippen LogP contribution in [-0.4, -0.2) is 21.8 Å². The predicted molar refractivity (Wildman–Crippen MR) is 177 cm³/mol. The van der Waals surface area contributed by atoms with E-state index < -0.39 is 0 Å². The monoisotopic (exact) mass is 578 g/mol. The number of aromatic hydroxyl groups is 2. The second-order valence-electron chi connectivity index (χ2n) is 16.3. The van der Waals surface area contributed by atoms with Crippen LogP contribution in [0, 0.1) is 0 Å². The van der Waals surface area contributed by atoms with Gasteiger partial charge in [-0.2, -0.15) is 0 Å². The summed E-state index contributed by atoms with van der Waals surface area (Å²) in [5, 5.41) is 21.9. The van der Waals surface area contributed by atoms with Gasteiger partial charge in [-0.15, -0.1) is 0 Å². The molecule has 0 aromatic heterocycles. The van der Waals surface area contributed by atoms with Crippen LogP contribution in [0.15, 0.2) is 24.3 Å². The molecule has 2 rings (SSSR count). The number of hydrogen-bond donors (Lipinski definition) is 2. The van der Waals surface area contributed by atoms with E-state index in [-0.39, 0.29) is 33.2 Å². The Morgan fingerprint density at radius 2 is 0.667 bits per heavy atom. The van der Waals surface area contributed by atoms with Gasteiger partial charge in [-0.25, -0.2) is 0 Å². The molecule has 42 heavy (non-hydrogen) atoms. The lowest BCUT2D eigenvalue weighted by Crippen LogP contribution is -2.19. The second kappa shape index (κ2) is 13.3. The van der Waals surface area contributed by atoms with E-state index in [1.165, 1.54) is 0 Å². The molecular weight excluding hydrogens is 520 g/mol. The molecule has 234 valence electrons. The number of phenolic OH excluding ortho intramolecular Hbond substituents is 2. The molecule has 2 aromatic carbocycles. The van der Waals surface area contributed by atoms with Gasteiger partial charge in [0.2, 0.25) is 0 Å². The Labute approximate surface area is 256 Å². The Morgan fingerprint density at radius 1 is 0.452 bits per heavy atom. The first-order chi connectivity index (χ1) is 19.0. The van der Waals surface area contributed by atoms with Gasteiger partial charge in [0, 0.05) is 46.2 Å². The van der Waals surface area contributed by atoms with E-state index >= 15 is 0 Å². The zero-order chi connectivity index (χ0) is 32.3. The van der Waals surface area contributed by atoms with Crippen LogP contribution in [0.3, 0.4) is 0 Å². The Hall–Kier alpha value is -2.62. The van der Waals surface area contributed by atoms with Crippen molar-refractivity contribution in [2.45, 2.75) is 156 Å². The van der Waals surface area contributed by atoms with Gasteiger partial charge in [0.05, 0.1) is 0 Å². The van der Waals surface area contributed by atoms with Gasteiger partial charge in [-0.1, -0.05) is 109 Å². The molecule has 0 amide bonds. The number of ketones is 2. The van der Waals surface area contributed by atoms with Crippen molar-refractivity contribution in [1.29, 1.82) is 0 Å². The van der Waals surface area contributed by atoms with E-state index in [1.807, 2.05) is 24.3 Å². The highest BCUT2D eigenvalue weighted by Gasteiger charge is 2.29. The number of Topliss-reactive ketones (excluding diaryl/α,β-unsaturated/α-hetero) is 2. The van der Waals surface area contributed by atoms with E-state index in [0.29, 0.717) is 35.5 Å². The van der Waals surface area contributed by atoms with Crippen molar-refractivity contribution in [3.63, 3.8) is 0 Å². The third kappa shape index (κ3) is 9.44.